The van der Waals surface area contributed by atoms with Crippen LogP contribution < -0.4 is 0 Å². The standard InChI is InChI=1S/C17H16O4/c18-16(20-12-11-14-7-3-1-4-8-14)17(19)21-13-15-9-5-2-6-10-15/h1-10H,11-13H2. The minimum Gasteiger partial charge on any atom is -0.457 e. The highest BCUT2D eigenvalue weighted by molar-refractivity contribution is 6.29. The number of ether oxygens (including phenoxy) is 2. The van der Waals surface area contributed by atoms with Gasteiger partial charge in [-0.05, 0) is 11.1 Å². The van der Waals surface area contributed by atoms with Crippen LogP contribution in [0.15, 0.2) is 60.7 Å². The van der Waals surface area contributed by atoms with Crippen molar-refractivity contribution in [3.05, 3.63) is 71.8 Å². The molecule has 0 radical (unpaired) electrons. The fraction of sp³-hybridized carbons (Fsp3) is 0.176. The van der Waals surface area contributed by atoms with Gasteiger partial charge in [0.05, 0.1) is 6.61 Å². The van der Waals surface area contributed by atoms with E-state index in [4.69, 9.17) is 9.47 Å². The molecule has 0 saturated heterocycles. The van der Waals surface area contributed by atoms with E-state index in [1.165, 1.54) is 0 Å². The summed E-state index contributed by atoms with van der Waals surface area (Å²) >= 11 is 0. The zero-order chi connectivity index (χ0) is 14.9. The molecule has 0 fully saturated rings. The van der Waals surface area contributed by atoms with Gasteiger partial charge >= 0.3 is 11.9 Å². The van der Waals surface area contributed by atoms with Gasteiger partial charge in [-0.1, -0.05) is 60.7 Å². The summed E-state index contributed by atoms with van der Waals surface area (Å²) in [6.07, 6.45) is 0.568. The van der Waals surface area contributed by atoms with Gasteiger partial charge in [-0.2, -0.15) is 0 Å². The largest absolute Gasteiger partial charge is 0.457 e. The highest BCUT2D eigenvalue weighted by atomic mass is 16.6. The lowest BCUT2D eigenvalue weighted by Gasteiger charge is -2.06. The molecule has 0 N–H and O–H groups in total. The summed E-state index contributed by atoms with van der Waals surface area (Å²) in [5, 5.41) is 0. The summed E-state index contributed by atoms with van der Waals surface area (Å²) in [5.74, 6) is -1.92. The Balaban J connectivity index is 1.69. The molecule has 0 aliphatic carbocycles. The molecule has 0 heterocycles. The van der Waals surface area contributed by atoms with Crippen molar-refractivity contribution < 1.29 is 19.1 Å². The number of carbonyl (C=O) groups excluding carboxylic acids is 2. The van der Waals surface area contributed by atoms with Crippen LogP contribution in [0.2, 0.25) is 0 Å². The van der Waals surface area contributed by atoms with Crippen LogP contribution in [0.4, 0.5) is 0 Å². The average Bonchev–Trinajstić information content (AvgIpc) is 2.54. The minimum atomic E-state index is -0.966. The Morgan fingerprint density at radius 1 is 0.714 bits per heavy atom. The van der Waals surface area contributed by atoms with E-state index in [2.05, 4.69) is 0 Å². The van der Waals surface area contributed by atoms with Gasteiger partial charge in [-0.3, -0.25) is 0 Å². The van der Waals surface area contributed by atoms with Crippen LogP contribution in [-0.2, 0) is 32.1 Å². The summed E-state index contributed by atoms with van der Waals surface area (Å²) in [4.78, 5) is 22.9. The molecule has 0 saturated carbocycles. The second-order valence-electron chi connectivity index (χ2n) is 4.43. The third kappa shape index (κ3) is 5.10. The number of carbonyl (C=O) groups is 2. The van der Waals surface area contributed by atoms with Crippen LogP contribution >= 0.6 is 0 Å². The second kappa shape index (κ2) is 7.85. The van der Waals surface area contributed by atoms with Crippen LogP contribution in [-0.4, -0.2) is 18.5 Å². The van der Waals surface area contributed by atoms with E-state index < -0.39 is 11.9 Å². The van der Waals surface area contributed by atoms with Gasteiger partial charge in [0, 0.05) is 6.42 Å². The van der Waals surface area contributed by atoms with Crippen LogP contribution in [0.5, 0.6) is 0 Å². The topological polar surface area (TPSA) is 52.6 Å². The van der Waals surface area contributed by atoms with Gasteiger partial charge in [0.1, 0.15) is 6.61 Å². The molecular weight excluding hydrogens is 268 g/mol. The SMILES string of the molecule is O=C(OCCc1ccccc1)C(=O)OCc1ccccc1. The second-order valence-corrected chi connectivity index (χ2v) is 4.43. The fourth-order valence-corrected chi connectivity index (χ4v) is 1.75. The van der Waals surface area contributed by atoms with E-state index in [0.717, 1.165) is 11.1 Å². The van der Waals surface area contributed by atoms with Crippen LogP contribution in [0, 0.1) is 0 Å². The van der Waals surface area contributed by atoms with Crippen molar-refractivity contribution in [3.63, 3.8) is 0 Å². The lowest BCUT2D eigenvalue weighted by molar-refractivity contribution is -0.168. The molecule has 2 rings (SSSR count). The summed E-state index contributed by atoms with van der Waals surface area (Å²) in [5.41, 5.74) is 1.87. The first-order chi connectivity index (χ1) is 10.3. The van der Waals surface area contributed by atoms with Crippen LogP contribution in [0.3, 0.4) is 0 Å². The van der Waals surface area contributed by atoms with Gasteiger partial charge in [0.25, 0.3) is 0 Å². The molecule has 0 spiro atoms. The van der Waals surface area contributed by atoms with Crippen molar-refractivity contribution in [1.82, 2.24) is 0 Å². The fourth-order valence-electron chi connectivity index (χ4n) is 1.75. The van der Waals surface area contributed by atoms with E-state index in [0.29, 0.717) is 6.42 Å². The minimum absolute atomic E-state index is 0.0630. The Hall–Kier alpha value is -2.62. The van der Waals surface area contributed by atoms with E-state index >= 15 is 0 Å². The van der Waals surface area contributed by atoms with Gasteiger partial charge in [-0.25, -0.2) is 9.59 Å². The number of benzene rings is 2. The Labute approximate surface area is 123 Å². The predicted octanol–water partition coefficient (Wildman–Crippen LogP) is 2.52. The van der Waals surface area contributed by atoms with E-state index in [1.54, 1.807) is 0 Å². The first kappa shape index (κ1) is 14.8. The number of esters is 2. The molecule has 0 bridgehead atoms. The van der Waals surface area contributed by atoms with Crippen molar-refractivity contribution in [2.45, 2.75) is 13.0 Å². The molecule has 0 aliphatic heterocycles. The molecule has 0 amide bonds. The Kier molecular flexibility index (Phi) is 5.52. The number of hydrogen-bond donors (Lipinski definition) is 0. The quantitative estimate of drug-likeness (QED) is 0.625. The molecule has 4 nitrogen and oxygen atoms in total. The van der Waals surface area contributed by atoms with E-state index in [1.807, 2.05) is 60.7 Å². The van der Waals surface area contributed by atoms with Crippen LogP contribution in [0.1, 0.15) is 11.1 Å². The highest BCUT2D eigenvalue weighted by Gasteiger charge is 2.17. The molecule has 0 aliphatic rings. The third-order valence-electron chi connectivity index (χ3n) is 2.85. The number of hydrogen-bond acceptors (Lipinski definition) is 4. The van der Waals surface area contributed by atoms with Crippen molar-refractivity contribution in [1.29, 1.82) is 0 Å². The summed E-state index contributed by atoms with van der Waals surface area (Å²) < 4.78 is 9.76. The number of rotatable bonds is 5. The van der Waals surface area contributed by atoms with Crippen molar-refractivity contribution in [2.75, 3.05) is 6.61 Å². The monoisotopic (exact) mass is 284 g/mol. The molecule has 108 valence electrons. The Morgan fingerprint density at radius 2 is 1.24 bits per heavy atom. The lowest BCUT2D eigenvalue weighted by atomic mass is 10.2. The molecule has 2 aromatic rings. The van der Waals surface area contributed by atoms with Gasteiger partial charge in [-0.15, -0.1) is 0 Å². The summed E-state index contributed by atoms with van der Waals surface area (Å²) in [6.45, 7) is 0.219. The zero-order valence-corrected chi connectivity index (χ0v) is 11.5. The van der Waals surface area contributed by atoms with E-state index in [9.17, 15) is 9.59 Å². The first-order valence-electron chi connectivity index (χ1n) is 6.67. The summed E-state index contributed by atoms with van der Waals surface area (Å²) in [6, 6.07) is 18.8. The van der Waals surface area contributed by atoms with Gasteiger partial charge < -0.3 is 9.47 Å². The first-order valence-corrected chi connectivity index (χ1v) is 6.67. The Bertz CT molecular complexity index is 578. The average molecular weight is 284 g/mol. The van der Waals surface area contributed by atoms with Crippen molar-refractivity contribution in [3.8, 4) is 0 Å². The Morgan fingerprint density at radius 3 is 1.86 bits per heavy atom. The molecule has 0 atom stereocenters. The molecule has 2 aromatic carbocycles. The molecule has 0 unspecified atom stereocenters. The van der Waals surface area contributed by atoms with Crippen molar-refractivity contribution >= 4 is 11.9 Å². The normalized spacial score (nSPS) is 9.90. The molecular formula is C17H16O4. The smallest absolute Gasteiger partial charge is 0.417 e. The van der Waals surface area contributed by atoms with Crippen LogP contribution in [0.25, 0.3) is 0 Å². The molecule has 21 heavy (non-hydrogen) atoms. The van der Waals surface area contributed by atoms with E-state index in [-0.39, 0.29) is 13.2 Å². The lowest BCUT2D eigenvalue weighted by Crippen LogP contribution is -2.21. The van der Waals surface area contributed by atoms with Crippen molar-refractivity contribution in [2.24, 2.45) is 0 Å². The summed E-state index contributed by atoms with van der Waals surface area (Å²) in [7, 11) is 0. The molecule has 4 heteroatoms. The maximum Gasteiger partial charge on any atom is 0.417 e. The predicted molar refractivity (Wildman–Crippen MR) is 77.3 cm³/mol. The van der Waals surface area contributed by atoms with Gasteiger partial charge in [0.15, 0.2) is 0 Å². The molecule has 0 aromatic heterocycles. The third-order valence-corrected chi connectivity index (χ3v) is 2.85. The maximum absolute atomic E-state index is 11.5. The zero-order valence-electron chi connectivity index (χ0n) is 11.5. The van der Waals surface area contributed by atoms with Gasteiger partial charge in [0.2, 0.25) is 0 Å². The maximum atomic E-state index is 11.5. The highest BCUT2D eigenvalue weighted by Crippen LogP contribution is 2.02.